The molecule has 0 aliphatic carbocycles. The maximum atomic E-state index is 11.7. The Morgan fingerprint density at radius 3 is 2.39 bits per heavy atom. The number of hydrogen-bond donors (Lipinski definition) is 2. The van der Waals surface area contributed by atoms with Gasteiger partial charge in [-0.2, -0.15) is 4.98 Å². The Balaban J connectivity index is 1.22. The van der Waals surface area contributed by atoms with Crippen LogP contribution in [0.1, 0.15) is 10.4 Å². The van der Waals surface area contributed by atoms with Crippen molar-refractivity contribution in [2.24, 2.45) is 0 Å². The lowest BCUT2D eigenvalue weighted by molar-refractivity contribution is 0.00706. The maximum Gasteiger partial charge on any atom is 0.337 e. The number of pyridine rings is 1. The number of esters is 1. The summed E-state index contributed by atoms with van der Waals surface area (Å²) in [6.45, 7) is 0.536. The van der Waals surface area contributed by atoms with E-state index in [1.807, 2.05) is 36.4 Å². The average molecular weight is 508 g/mol. The first-order valence-corrected chi connectivity index (χ1v) is 11.8. The molecule has 2 saturated heterocycles. The number of H-pyrrole nitrogens is 1. The average Bonchev–Trinajstić information content (AvgIpc) is 3.60. The van der Waals surface area contributed by atoms with Crippen LogP contribution in [0.2, 0.25) is 5.02 Å². The SMILES string of the molecule is COC(=O)c1ccc(-c2ccc(-c3nc4nc(O[C@@H]5CO[C@H]6[C@@H]5OC[C@H]6O)[nH]c4cc3Cl)cc2)cc1. The first-order valence-electron chi connectivity index (χ1n) is 11.4. The number of halogens is 1. The van der Waals surface area contributed by atoms with Crippen LogP contribution in [0, 0.1) is 0 Å². The molecule has 6 rings (SSSR count). The van der Waals surface area contributed by atoms with Gasteiger partial charge in [-0.1, -0.05) is 48.0 Å². The summed E-state index contributed by atoms with van der Waals surface area (Å²) in [5, 5.41) is 10.4. The number of aromatic nitrogens is 3. The van der Waals surface area contributed by atoms with E-state index in [4.69, 9.17) is 30.5 Å². The van der Waals surface area contributed by atoms with Crippen molar-refractivity contribution >= 4 is 28.7 Å². The summed E-state index contributed by atoms with van der Waals surface area (Å²) in [4.78, 5) is 23.9. The molecule has 0 saturated carbocycles. The van der Waals surface area contributed by atoms with Gasteiger partial charge in [-0.3, -0.25) is 0 Å². The van der Waals surface area contributed by atoms with Gasteiger partial charge in [-0.15, -0.1) is 0 Å². The van der Waals surface area contributed by atoms with E-state index in [0.717, 1.165) is 16.7 Å². The Morgan fingerprint density at radius 2 is 1.67 bits per heavy atom. The predicted molar refractivity (Wildman–Crippen MR) is 131 cm³/mol. The molecule has 4 aromatic rings. The van der Waals surface area contributed by atoms with Gasteiger partial charge in [0.2, 0.25) is 0 Å². The molecular weight excluding hydrogens is 486 g/mol. The van der Waals surface area contributed by atoms with Crippen LogP contribution in [-0.2, 0) is 14.2 Å². The van der Waals surface area contributed by atoms with Gasteiger partial charge in [0.05, 0.1) is 42.1 Å². The summed E-state index contributed by atoms with van der Waals surface area (Å²) in [5.74, 6) is -0.369. The third-order valence-electron chi connectivity index (χ3n) is 6.45. The van der Waals surface area contributed by atoms with Crippen LogP contribution in [0.25, 0.3) is 33.5 Å². The Bertz CT molecular complexity index is 1420. The van der Waals surface area contributed by atoms with Crippen LogP contribution in [0.3, 0.4) is 0 Å². The zero-order chi connectivity index (χ0) is 24.8. The number of aromatic amines is 1. The third kappa shape index (κ3) is 4.10. The molecular formula is C26H22ClN3O6. The molecule has 10 heteroatoms. The van der Waals surface area contributed by atoms with Crippen molar-refractivity contribution in [1.29, 1.82) is 0 Å². The highest BCUT2D eigenvalue weighted by Crippen LogP contribution is 2.33. The van der Waals surface area contributed by atoms with Crippen molar-refractivity contribution in [3.8, 4) is 28.4 Å². The van der Waals surface area contributed by atoms with Gasteiger partial charge < -0.3 is 29.0 Å². The second kappa shape index (κ2) is 9.18. The van der Waals surface area contributed by atoms with Gasteiger partial charge >= 0.3 is 5.97 Å². The maximum absolute atomic E-state index is 11.7. The Hall–Kier alpha value is -3.50. The second-order valence-electron chi connectivity index (χ2n) is 8.70. The number of fused-ring (bicyclic) bond motifs is 2. The van der Waals surface area contributed by atoms with Crippen molar-refractivity contribution in [2.45, 2.75) is 24.4 Å². The van der Waals surface area contributed by atoms with Gasteiger partial charge in [-0.05, 0) is 29.3 Å². The number of aliphatic hydroxyl groups is 1. The first kappa shape index (κ1) is 22.9. The van der Waals surface area contributed by atoms with Crippen LogP contribution in [0.15, 0.2) is 54.6 Å². The molecule has 2 fully saturated rings. The zero-order valence-electron chi connectivity index (χ0n) is 19.2. The molecule has 2 aromatic carbocycles. The lowest BCUT2D eigenvalue weighted by Gasteiger charge is -2.15. The molecule has 4 heterocycles. The van der Waals surface area contributed by atoms with E-state index in [1.165, 1.54) is 7.11 Å². The number of hydrogen-bond acceptors (Lipinski definition) is 8. The smallest absolute Gasteiger partial charge is 0.337 e. The topological polar surface area (TPSA) is 116 Å². The summed E-state index contributed by atoms with van der Waals surface area (Å²) in [7, 11) is 1.36. The van der Waals surface area contributed by atoms with Gasteiger partial charge in [-0.25, -0.2) is 9.78 Å². The summed E-state index contributed by atoms with van der Waals surface area (Å²) in [6.07, 6.45) is -1.74. The summed E-state index contributed by atoms with van der Waals surface area (Å²) >= 11 is 6.56. The lowest BCUT2D eigenvalue weighted by Crippen LogP contribution is -2.34. The van der Waals surface area contributed by atoms with Crippen molar-refractivity contribution in [2.75, 3.05) is 20.3 Å². The van der Waals surface area contributed by atoms with Crippen LogP contribution >= 0.6 is 11.6 Å². The number of ether oxygens (including phenoxy) is 4. The Morgan fingerprint density at radius 1 is 1.00 bits per heavy atom. The highest BCUT2D eigenvalue weighted by atomic mass is 35.5. The normalized spacial score (nSPS) is 23.1. The largest absolute Gasteiger partial charge is 0.465 e. The van der Waals surface area contributed by atoms with Gasteiger partial charge in [0.1, 0.15) is 18.3 Å². The molecule has 9 nitrogen and oxygen atoms in total. The van der Waals surface area contributed by atoms with E-state index in [9.17, 15) is 9.90 Å². The number of benzene rings is 2. The van der Waals surface area contributed by atoms with E-state index < -0.39 is 6.10 Å². The molecule has 0 bridgehead atoms. The minimum atomic E-state index is -0.645. The number of nitrogens with zero attached hydrogens (tertiary/aromatic N) is 2. The number of methoxy groups -OCH3 is 1. The molecule has 2 aliphatic rings. The highest BCUT2D eigenvalue weighted by Gasteiger charge is 2.48. The fraction of sp³-hybridized carbons (Fsp3) is 0.269. The van der Waals surface area contributed by atoms with Crippen LogP contribution in [-0.4, -0.2) is 70.8 Å². The third-order valence-corrected chi connectivity index (χ3v) is 6.74. The molecule has 2 aromatic heterocycles. The van der Waals surface area contributed by atoms with E-state index >= 15 is 0 Å². The first-order chi connectivity index (χ1) is 17.5. The molecule has 2 aliphatic heterocycles. The number of aliphatic hydroxyl groups excluding tert-OH is 1. The van der Waals surface area contributed by atoms with Crippen molar-refractivity contribution in [1.82, 2.24) is 15.0 Å². The van der Waals surface area contributed by atoms with Crippen molar-refractivity contribution < 1.29 is 28.8 Å². The molecule has 2 N–H and O–H groups in total. The highest BCUT2D eigenvalue weighted by molar-refractivity contribution is 6.33. The summed E-state index contributed by atoms with van der Waals surface area (Å²) in [6, 6.07) is 17.1. The molecule has 0 unspecified atom stereocenters. The van der Waals surface area contributed by atoms with Crippen molar-refractivity contribution in [3.63, 3.8) is 0 Å². The lowest BCUT2D eigenvalue weighted by atomic mass is 10.0. The number of carbonyl (C=O) groups is 1. The Kier molecular flexibility index (Phi) is 5.85. The minimum absolute atomic E-state index is 0.230. The molecule has 36 heavy (non-hydrogen) atoms. The van der Waals surface area contributed by atoms with E-state index in [2.05, 4.69) is 15.0 Å². The second-order valence-corrected chi connectivity index (χ2v) is 9.10. The van der Waals surface area contributed by atoms with Crippen molar-refractivity contribution in [3.05, 3.63) is 65.2 Å². The fourth-order valence-electron chi connectivity index (χ4n) is 4.58. The van der Waals surface area contributed by atoms with Crippen LogP contribution < -0.4 is 4.74 Å². The predicted octanol–water partition coefficient (Wildman–Crippen LogP) is 3.64. The summed E-state index contributed by atoms with van der Waals surface area (Å²) < 4.78 is 21.9. The zero-order valence-corrected chi connectivity index (χ0v) is 19.9. The fourth-order valence-corrected chi connectivity index (χ4v) is 4.84. The van der Waals surface area contributed by atoms with Gasteiger partial charge in [0.15, 0.2) is 11.8 Å². The molecule has 184 valence electrons. The van der Waals surface area contributed by atoms with E-state index in [-0.39, 0.29) is 36.9 Å². The molecule has 0 radical (unpaired) electrons. The van der Waals surface area contributed by atoms with Gasteiger partial charge in [0.25, 0.3) is 6.01 Å². The number of nitrogens with one attached hydrogen (secondary N) is 1. The molecule has 4 atom stereocenters. The van der Waals surface area contributed by atoms with Gasteiger partial charge in [0, 0.05) is 5.56 Å². The number of rotatable bonds is 5. The van der Waals surface area contributed by atoms with E-state index in [1.54, 1.807) is 18.2 Å². The number of imidazole rings is 1. The number of carbonyl (C=O) groups excluding carboxylic acids is 1. The minimum Gasteiger partial charge on any atom is -0.465 e. The Labute approximate surface area is 210 Å². The summed E-state index contributed by atoms with van der Waals surface area (Å²) in [5.41, 5.74) is 5.00. The quantitative estimate of drug-likeness (QED) is 0.393. The monoisotopic (exact) mass is 507 g/mol. The van der Waals surface area contributed by atoms with Crippen LogP contribution in [0.4, 0.5) is 0 Å². The molecule has 0 spiro atoms. The standard InChI is InChI=1S/C26H22ClN3O6/c1-33-25(32)16-8-4-14(5-9-16)13-2-6-15(7-3-13)21-17(27)10-18-24(29-21)30-26(28-18)36-20-12-35-22-19(31)11-34-23(20)22/h2-10,19-20,22-23,31H,11-12H2,1H3,(H,28,29,30)/t19-,20-,22-,23-/m1/s1. The van der Waals surface area contributed by atoms with Crippen LogP contribution in [0.5, 0.6) is 6.01 Å². The molecule has 0 amide bonds. The van der Waals surface area contributed by atoms with E-state index in [0.29, 0.717) is 34.1 Å².